The van der Waals surface area contributed by atoms with Gasteiger partial charge in [0.15, 0.2) is 5.82 Å². The smallest absolute Gasteiger partial charge is 0.201 e. The molecule has 0 radical (unpaired) electrons. The summed E-state index contributed by atoms with van der Waals surface area (Å²) in [5.41, 5.74) is 1.30. The normalized spacial score (nSPS) is 12.3. The van der Waals surface area contributed by atoms with Crippen LogP contribution in [0.3, 0.4) is 0 Å². The zero-order chi connectivity index (χ0) is 13.7. The molecule has 1 aromatic carbocycles. The Labute approximate surface area is 118 Å². The molecule has 0 saturated heterocycles. The highest BCUT2D eigenvalue weighted by molar-refractivity contribution is 7.98. The Hall–Kier alpha value is -1.55. The van der Waals surface area contributed by atoms with Crippen molar-refractivity contribution in [2.75, 3.05) is 5.75 Å². The van der Waals surface area contributed by atoms with E-state index in [9.17, 15) is 4.79 Å². The van der Waals surface area contributed by atoms with Crippen molar-refractivity contribution in [1.82, 2.24) is 9.55 Å². The fourth-order valence-electron chi connectivity index (χ4n) is 1.83. The van der Waals surface area contributed by atoms with Gasteiger partial charge in [0, 0.05) is 36.9 Å². The van der Waals surface area contributed by atoms with Crippen LogP contribution in [0.2, 0.25) is 0 Å². The lowest BCUT2D eigenvalue weighted by Crippen LogP contribution is -2.18. The standard InChI is InChI=1S/C15H18N2OS/c1-12(14(18)15-16-8-9-17(15)2)10-19-11-13-6-4-3-5-7-13/h3-9,12H,10-11H2,1-2H3. The van der Waals surface area contributed by atoms with Gasteiger partial charge in [0.1, 0.15) is 0 Å². The van der Waals surface area contributed by atoms with Crippen LogP contribution in [-0.2, 0) is 12.8 Å². The minimum Gasteiger partial charge on any atom is -0.332 e. The van der Waals surface area contributed by atoms with Gasteiger partial charge in [-0.25, -0.2) is 4.98 Å². The van der Waals surface area contributed by atoms with E-state index in [2.05, 4.69) is 17.1 Å². The maximum atomic E-state index is 12.2. The van der Waals surface area contributed by atoms with Crippen LogP contribution in [0.5, 0.6) is 0 Å². The van der Waals surface area contributed by atoms with E-state index in [1.165, 1.54) is 5.56 Å². The van der Waals surface area contributed by atoms with Gasteiger partial charge in [0.05, 0.1) is 0 Å². The molecule has 0 aliphatic heterocycles. The van der Waals surface area contributed by atoms with E-state index >= 15 is 0 Å². The third-order valence-corrected chi connectivity index (χ3v) is 4.24. The van der Waals surface area contributed by atoms with Crippen LogP contribution >= 0.6 is 11.8 Å². The van der Waals surface area contributed by atoms with E-state index in [1.807, 2.05) is 32.2 Å². The number of ketones is 1. The van der Waals surface area contributed by atoms with Gasteiger partial charge in [-0.2, -0.15) is 11.8 Å². The Morgan fingerprint density at radius 3 is 2.74 bits per heavy atom. The summed E-state index contributed by atoms with van der Waals surface area (Å²) in [6.45, 7) is 1.97. The Bertz CT molecular complexity index is 536. The molecule has 0 aliphatic rings. The molecule has 1 atom stereocenters. The minimum absolute atomic E-state index is 0.00480. The molecule has 0 amide bonds. The summed E-state index contributed by atoms with van der Waals surface area (Å²) in [5, 5.41) is 0. The zero-order valence-corrected chi connectivity index (χ0v) is 12.1. The van der Waals surface area contributed by atoms with Gasteiger partial charge in [0.25, 0.3) is 0 Å². The van der Waals surface area contributed by atoms with Crippen LogP contribution < -0.4 is 0 Å². The molecule has 0 fully saturated rings. The first kappa shape index (κ1) is 13.9. The van der Waals surface area contributed by atoms with Crippen LogP contribution in [0.1, 0.15) is 23.1 Å². The number of carbonyl (C=O) groups is 1. The number of imidazole rings is 1. The van der Waals surface area contributed by atoms with Crippen LogP contribution in [0.15, 0.2) is 42.7 Å². The van der Waals surface area contributed by atoms with Gasteiger partial charge >= 0.3 is 0 Å². The highest BCUT2D eigenvalue weighted by Gasteiger charge is 2.18. The lowest BCUT2D eigenvalue weighted by molar-refractivity contribution is 0.0928. The van der Waals surface area contributed by atoms with E-state index < -0.39 is 0 Å². The predicted octanol–water partition coefficient (Wildman–Crippen LogP) is 3.17. The van der Waals surface area contributed by atoms with Crippen molar-refractivity contribution in [2.45, 2.75) is 12.7 Å². The van der Waals surface area contributed by atoms with Gasteiger partial charge < -0.3 is 4.57 Å². The maximum Gasteiger partial charge on any atom is 0.201 e. The molecule has 4 heteroatoms. The van der Waals surface area contributed by atoms with E-state index in [-0.39, 0.29) is 11.7 Å². The number of benzene rings is 1. The first-order valence-electron chi connectivity index (χ1n) is 6.31. The largest absolute Gasteiger partial charge is 0.332 e. The van der Waals surface area contributed by atoms with Crippen molar-refractivity contribution in [3.63, 3.8) is 0 Å². The molecule has 0 bridgehead atoms. The lowest BCUT2D eigenvalue weighted by atomic mass is 10.1. The van der Waals surface area contributed by atoms with Crippen LogP contribution in [0.4, 0.5) is 0 Å². The minimum atomic E-state index is -0.00480. The SMILES string of the molecule is CC(CSCc1ccccc1)C(=O)c1nccn1C. The summed E-state index contributed by atoms with van der Waals surface area (Å²) in [6, 6.07) is 10.3. The van der Waals surface area contributed by atoms with Crippen molar-refractivity contribution in [3.05, 3.63) is 54.1 Å². The van der Waals surface area contributed by atoms with Gasteiger partial charge in [0.2, 0.25) is 5.78 Å². The number of hydrogen-bond acceptors (Lipinski definition) is 3. The summed E-state index contributed by atoms with van der Waals surface area (Å²) < 4.78 is 1.78. The van der Waals surface area contributed by atoms with E-state index in [4.69, 9.17) is 0 Å². The number of nitrogens with zero attached hydrogens (tertiary/aromatic N) is 2. The Morgan fingerprint density at radius 2 is 2.11 bits per heavy atom. The highest BCUT2D eigenvalue weighted by atomic mass is 32.2. The summed E-state index contributed by atoms with van der Waals surface area (Å²) >= 11 is 1.79. The van der Waals surface area contributed by atoms with Crippen molar-refractivity contribution in [1.29, 1.82) is 0 Å². The molecule has 1 heterocycles. The second kappa shape index (κ2) is 6.57. The molecule has 19 heavy (non-hydrogen) atoms. The van der Waals surface area contributed by atoms with Gasteiger partial charge in [-0.1, -0.05) is 37.3 Å². The second-order valence-corrected chi connectivity index (χ2v) is 5.66. The quantitative estimate of drug-likeness (QED) is 0.759. The third-order valence-electron chi connectivity index (χ3n) is 2.97. The summed E-state index contributed by atoms with van der Waals surface area (Å²) in [7, 11) is 1.85. The van der Waals surface area contributed by atoms with E-state index in [1.54, 1.807) is 28.7 Å². The van der Waals surface area contributed by atoms with E-state index in [0.29, 0.717) is 5.82 Å². The molecule has 0 saturated carbocycles. The molecule has 0 spiro atoms. The van der Waals surface area contributed by atoms with E-state index in [0.717, 1.165) is 11.5 Å². The van der Waals surface area contributed by atoms with Crippen molar-refractivity contribution >= 4 is 17.5 Å². The van der Waals surface area contributed by atoms with Crippen molar-refractivity contribution < 1.29 is 4.79 Å². The van der Waals surface area contributed by atoms with Crippen LogP contribution in [0.25, 0.3) is 0 Å². The molecule has 2 rings (SSSR count). The number of carbonyl (C=O) groups excluding carboxylic acids is 1. The van der Waals surface area contributed by atoms with Gasteiger partial charge in [-0.15, -0.1) is 0 Å². The second-order valence-electron chi connectivity index (χ2n) is 4.63. The number of hydrogen-bond donors (Lipinski definition) is 0. The lowest BCUT2D eigenvalue weighted by Gasteiger charge is -2.10. The maximum absolute atomic E-state index is 12.2. The predicted molar refractivity (Wildman–Crippen MR) is 79.3 cm³/mol. The summed E-state index contributed by atoms with van der Waals surface area (Å²) in [5.74, 6) is 2.43. The highest BCUT2D eigenvalue weighted by Crippen LogP contribution is 2.17. The molecule has 1 aromatic heterocycles. The molecule has 1 unspecified atom stereocenters. The molecule has 0 aliphatic carbocycles. The molecular weight excluding hydrogens is 256 g/mol. The van der Waals surface area contributed by atoms with Crippen molar-refractivity contribution in [2.24, 2.45) is 13.0 Å². The molecular formula is C15H18N2OS. The molecule has 2 aromatic rings. The van der Waals surface area contributed by atoms with Crippen LogP contribution in [0, 0.1) is 5.92 Å². The Kier molecular flexibility index (Phi) is 4.80. The van der Waals surface area contributed by atoms with Crippen LogP contribution in [-0.4, -0.2) is 21.1 Å². The molecule has 3 nitrogen and oxygen atoms in total. The fraction of sp³-hybridized carbons (Fsp3) is 0.333. The number of aromatic nitrogens is 2. The number of thioether (sulfide) groups is 1. The van der Waals surface area contributed by atoms with Gasteiger partial charge in [-0.05, 0) is 5.56 Å². The first-order chi connectivity index (χ1) is 9.18. The average molecular weight is 274 g/mol. The van der Waals surface area contributed by atoms with Gasteiger partial charge in [-0.3, -0.25) is 4.79 Å². The molecule has 0 N–H and O–H groups in total. The summed E-state index contributed by atoms with van der Waals surface area (Å²) in [6.07, 6.45) is 3.47. The Balaban J connectivity index is 1.83. The fourth-order valence-corrected chi connectivity index (χ4v) is 2.88. The van der Waals surface area contributed by atoms with Crippen molar-refractivity contribution in [3.8, 4) is 0 Å². The Morgan fingerprint density at radius 1 is 1.37 bits per heavy atom. The zero-order valence-electron chi connectivity index (χ0n) is 11.2. The summed E-state index contributed by atoms with van der Waals surface area (Å²) in [4.78, 5) is 16.3. The average Bonchev–Trinajstić information content (AvgIpc) is 2.85. The number of Topliss-reactive ketones (excluding diaryl/α,β-unsaturated/α-hetero) is 1. The number of aryl methyl sites for hydroxylation is 1. The number of rotatable bonds is 6. The third kappa shape index (κ3) is 3.70. The monoisotopic (exact) mass is 274 g/mol. The topological polar surface area (TPSA) is 34.9 Å². The molecule has 100 valence electrons. The first-order valence-corrected chi connectivity index (χ1v) is 7.47.